The zero-order chi connectivity index (χ0) is 19.0. The normalized spacial score (nSPS) is 16.0. The van der Waals surface area contributed by atoms with E-state index in [2.05, 4.69) is 29.7 Å². The Balaban J connectivity index is 1.58. The highest BCUT2D eigenvalue weighted by Crippen LogP contribution is 2.27. The van der Waals surface area contributed by atoms with Crippen molar-refractivity contribution in [2.45, 2.75) is 19.4 Å². The minimum atomic E-state index is -0.130. The Bertz CT molecular complexity index is 1060. The van der Waals surface area contributed by atoms with Gasteiger partial charge in [0.25, 0.3) is 5.91 Å². The fourth-order valence-electron chi connectivity index (χ4n) is 3.58. The molecule has 3 aromatic carbocycles. The fourth-order valence-corrected chi connectivity index (χ4v) is 3.58. The number of carbonyl (C=O) groups is 1. The molecule has 1 heterocycles. The molecule has 1 aliphatic rings. The zero-order valence-electron chi connectivity index (χ0n) is 15.2. The third kappa shape index (κ3) is 3.41. The largest absolute Gasteiger partial charge is 0.384 e. The number of rotatable bonds is 3. The van der Waals surface area contributed by atoms with E-state index in [1.54, 1.807) is 12.1 Å². The molecule has 1 atom stereocenters. The minimum Gasteiger partial charge on any atom is -0.384 e. The molecule has 5 N–H and O–H groups in total. The molecule has 0 spiro atoms. The maximum atomic E-state index is 12.7. The summed E-state index contributed by atoms with van der Waals surface area (Å²) in [6, 6.07) is 17.2. The summed E-state index contributed by atoms with van der Waals surface area (Å²) in [7, 11) is 0. The van der Waals surface area contributed by atoms with Crippen molar-refractivity contribution in [1.29, 1.82) is 5.41 Å². The van der Waals surface area contributed by atoms with Crippen molar-refractivity contribution in [2.24, 2.45) is 5.73 Å². The topological polar surface area (TPSA) is 91.0 Å². The average molecular weight is 358 g/mol. The lowest BCUT2D eigenvalue weighted by atomic mass is 9.92. The first kappa shape index (κ1) is 17.2. The molecule has 27 heavy (non-hydrogen) atoms. The molecule has 1 aliphatic heterocycles. The molecule has 0 saturated heterocycles. The summed E-state index contributed by atoms with van der Waals surface area (Å²) in [5.74, 6) is 0.339. The SMILES string of the molecule is CC1CNCc2ccc(NC(=O)c3ccc4cc(C(=N)N)ccc4c3)cc21. The predicted octanol–water partition coefficient (Wildman–Crippen LogP) is 3.58. The Kier molecular flexibility index (Phi) is 4.38. The number of anilines is 1. The van der Waals surface area contributed by atoms with Gasteiger partial charge >= 0.3 is 0 Å². The third-order valence-corrected chi connectivity index (χ3v) is 5.11. The number of amidine groups is 1. The number of nitrogen functional groups attached to an aromatic ring is 1. The van der Waals surface area contributed by atoms with Gasteiger partial charge in [-0.1, -0.05) is 31.2 Å². The molecule has 0 aliphatic carbocycles. The van der Waals surface area contributed by atoms with E-state index in [9.17, 15) is 4.79 Å². The predicted molar refractivity (Wildman–Crippen MR) is 109 cm³/mol. The van der Waals surface area contributed by atoms with Gasteiger partial charge in [0.05, 0.1) is 0 Å². The summed E-state index contributed by atoms with van der Waals surface area (Å²) in [6.45, 7) is 4.02. The molecule has 5 nitrogen and oxygen atoms in total. The molecule has 0 bridgehead atoms. The molecular weight excluding hydrogens is 336 g/mol. The second kappa shape index (κ2) is 6.85. The van der Waals surface area contributed by atoms with Crippen LogP contribution in [0.1, 0.15) is 39.9 Å². The first-order chi connectivity index (χ1) is 13.0. The smallest absolute Gasteiger partial charge is 0.255 e. The van der Waals surface area contributed by atoms with E-state index in [4.69, 9.17) is 11.1 Å². The minimum absolute atomic E-state index is 0.0376. The maximum Gasteiger partial charge on any atom is 0.255 e. The number of benzene rings is 3. The number of hydrogen-bond acceptors (Lipinski definition) is 3. The van der Waals surface area contributed by atoms with E-state index < -0.39 is 0 Å². The molecule has 1 unspecified atom stereocenters. The van der Waals surface area contributed by atoms with Crippen molar-refractivity contribution < 1.29 is 4.79 Å². The second-order valence-corrected chi connectivity index (χ2v) is 7.09. The van der Waals surface area contributed by atoms with Crippen molar-refractivity contribution in [2.75, 3.05) is 11.9 Å². The Morgan fingerprint density at radius 2 is 1.78 bits per heavy atom. The molecule has 1 amide bonds. The van der Waals surface area contributed by atoms with E-state index >= 15 is 0 Å². The molecule has 0 saturated carbocycles. The van der Waals surface area contributed by atoms with Gasteiger partial charge in [-0.2, -0.15) is 0 Å². The lowest BCUT2D eigenvalue weighted by Gasteiger charge is -2.24. The Morgan fingerprint density at radius 3 is 2.52 bits per heavy atom. The molecule has 136 valence electrons. The summed E-state index contributed by atoms with van der Waals surface area (Å²) in [6.07, 6.45) is 0. The van der Waals surface area contributed by atoms with Crippen LogP contribution in [0.4, 0.5) is 5.69 Å². The summed E-state index contributed by atoms with van der Waals surface area (Å²) in [5, 5.41) is 15.8. The van der Waals surface area contributed by atoms with Crippen molar-refractivity contribution in [3.8, 4) is 0 Å². The van der Waals surface area contributed by atoms with Crippen LogP contribution in [0.3, 0.4) is 0 Å². The highest BCUT2D eigenvalue weighted by Gasteiger charge is 2.17. The summed E-state index contributed by atoms with van der Waals surface area (Å²) in [4.78, 5) is 12.7. The van der Waals surface area contributed by atoms with Gasteiger partial charge in [-0.3, -0.25) is 10.2 Å². The van der Waals surface area contributed by atoms with Crippen LogP contribution < -0.4 is 16.4 Å². The van der Waals surface area contributed by atoms with E-state index in [1.165, 1.54) is 11.1 Å². The van der Waals surface area contributed by atoms with Gasteiger partial charge in [0.2, 0.25) is 0 Å². The average Bonchev–Trinajstić information content (AvgIpc) is 2.67. The number of nitrogens with two attached hydrogens (primary N) is 1. The van der Waals surface area contributed by atoms with Crippen LogP contribution in [0, 0.1) is 5.41 Å². The highest BCUT2D eigenvalue weighted by atomic mass is 16.1. The molecule has 4 rings (SSSR count). The Hall–Kier alpha value is -3.18. The van der Waals surface area contributed by atoms with E-state index in [0.717, 1.165) is 29.5 Å². The van der Waals surface area contributed by atoms with Crippen LogP contribution >= 0.6 is 0 Å². The first-order valence-corrected chi connectivity index (χ1v) is 9.04. The van der Waals surface area contributed by atoms with Crippen LogP contribution in [0.25, 0.3) is 10.8 Å². The van der Waals surface area contributed by atoms with E-state index in [0.29, 0.717) is 17.0 Å². The van der Waals surface area contributed by atoms with Crippen molar-refractivity contribution >= 4 is 28.2 Å². The zero-order valence-corrected chi connectivity index (χ0v) is 15.2. The van der Waals surface area contributed by atoms with Crippen molar-refractivity contribution in [1.82, 2.24) is 5.32 Å². The standard InChI is InChI=1S/C22H22N4O/c1-13-11-25-12-18-6-7-19(10-20(13)18)26-22(27)17-5-3-14-8-16(21(23)24)4-2-15(14)9-17/h2-10,13,25H,11-12H2,1H3,(H3,23,24)(H,26,27). The molecular formula is C22H22N4O. The van der Waals surface area contributed by atoms with Gasteiger partial charge in [0.15, 0.2) is 0 Å². The molecule has 5 heteroatoms. The van der Waals surface area contributed by atoms with Crippen LogP contribution in [0.2, 0.25) is 0 Å². The highest BCUT2D eigenvalue weighted by molar-refractivity contribution is 6.07. The van der Waals surface area contributed by atoms with Gasteiger partial charge in [-0.15, -0.1) is 0 Å². The first-order valence-electron chi connectivity index (χ1n) is 9.04. The van der Waals surface area contributed by atoms with Crippen LogP contribution in [-0.4, -0.2) is 18.3 Å². The third-order valence-electron chi connectivity index (χ3n) is 5.11. The van der Waals surface area contributed by atoms with Gasteiger partial charge in [0, 0.05) is 29.9 Å². The van der Waals surface area contributed by atoms with Gasteiger partial charge in [-0.05, 0) is 58.1 Å². The molecule has 0 aromatic heterocycles. The van der Waals surface area contributed by atoms with Crippen LogP contribution in [-0.2, 0) is 6.54 Å². The molecule has 0 fully saturated rings. The van der Waals surface area contributed by atoms with Gasteiger partial charge in [-0.25, -0.2) is 0 Å². The lowest BCUT2D eigenvalue weighted by molar-refractivity contribution is 0.102. The van der Waals surface area contributed by atoms with Crippen LogP contribution in [0.5, 0.6) is 0 Å². The summed E-state index contributed by atoms with van der Waals surface area (Å²) < 4.78 is 0. The number of hydrogen-bond donors (Lipinski definition) is 4. The quantitative estimate of drug-likeness (QED) is 0.426. The van der Waals surface area contributed by atoms with Crippen molar-refractivity contribution in [3.05, 3.63) is 76.9 Å². The van der Waals surface area contributed by atoms with Crippen LogP contribution in [0.15, 0.2) is 54.6 Å². The Labute approximate surface area is 158 Å². The van der Waals surface area contributed by atoms with E-state index in [-0.39, 0.29) is 11.7 Å². The van der Waals surface area contributed by atoms with Crippen molar-refractivity contribution in [3.63, 3.8) is 0 Å². The van der Waals surface area contributed by atoms with Gasteiger partial charge in [0.1, 0.15) is 5.84 Å². The van der Waals surface area contributed by atoms with E-state index in [1.807, 2.05) is 30.3 Å². The summed E-state index contributed by atoms with van der Waals surface area (Å²) >= 11 is 0. The lowest BCUT2D eigenvalue weighted by Crippen LogP contribution is -2.26. The molecule has 3 aromatic rings. The number of fused-ring (bicyclic) bond motifs is 2. The number of amides is 1. The van der Waals surface area contributed by atoms with Gasteiger partial charge < -0.3 is 16.4 Å². The number of nitrogens with one attached hydrogen (secondary N) is 3. The Morgan fingerprint density at radius 1 is 1.07 bits per heavy atom. The second-order valence-electron chi connectivity index (χ2n) is 7.09. The summed E-state index contributed by atoms with van der Waals surface area (Å²) in [5.41, 5.74) is 10.2. The monoisotopic (exact) mass is 358 g/mol. The molecule has 0 radical (unpaired) electrons. The maximum absolute atomic E-state index is 12.7. The fraction of sp³-hybridized carbons (Fsp3) is 0.182. The number of carbonyl (C=O) groups excluding carboxylic acids is 1.